The van der Waals surface area contributed by atoms with Crippen molar-refractivity contribution in [2.45, 2.75) is 19.0 Å². The fourth-order valence-electron chi connectivity index (χ4n) is 2.03. The number of likely N-dealkylation sites (N-methyl/N-ethyl adjacent to an activating group) is 1. The lowest BCUT2D eigenvalue weighted by atomic mass is 10.2. The second kappa shape index (κ2) is 7.05. The Labute approximate surface area is 129 Å². The van der Waals surface area contributed by atoms with Gasteiger partial charge in [-0.05, 0) is 28.9 Å². The zero-order valence-electron chi connectivity index (χ0n) is 10.9. The van der Waals surface area contributed by atoms with Crippen molar-refractivity contribution >= 4 is 34.2 Å². The summed E-state index contributed by atoms with van der Waals surface area (Å²) < 4.78 is 1.41. The summed E-state index contributed by atoms with van der Waals surface area (Å²) in [6.45, 7) is 1.58. The number of nitrogens with one attached hydrogen (secondary N) is 2. The van der Waals surface area contributed by atoms with Crippen LogP contribution in [0.3, 0.4) is 0 Å². The van der Waals surface area contributed by atoms with Crippen LogP contribution < -0.4 is 16.6 Å². The lowest BCUT2D eigenvalue weighted by Crippen LogP contribution is -2.42. The molecule has 1 aliphatic heterocycles. The second-order valence-corrected chi connectivity index (χ2v) is 5.37. The molecule has 1 unspecified atom stereocenters. The molecule has 20 heavy (non-hydrogen) atoms. The number of halogens is 2. The number of hydrogen-bond acceptors (Lipinski definition) is 4. The van der Waals surface area contributed by atoms with Crippen LogP contribution in [0.1, 0.15) is 6.42 Å². The highest BCUT2D eigenvalue weighted by atomic mass is 79.9. The molecule has 2 N–H and O–H groups in total. The molecule has 1 saturated heterocycles. The number of rotatable bonds is 3. The molecule has 0 aliphatic carbocycles. The van der Waals surface area contributed by atoms with E-state index in [-0.39, 0.29) is 35.4 Å². The Morgan fingerprint density at radius 2 is 2.25 bits per heavy atom. The van der Waals surface area contributed by atoms with Gasteiger partial charge in [0.25, 0.3) is 5.56 Å². The Hall–Kier alpha value is -1.12. The van der Waals surface area contributed by atoms with Gasteiger partial charge in [0, 0.05) is 25.8 Å². The Morgan fingerprint density at radius 3 is 2.85 bits per heavy atom. The SMILES string of the molecule is CN(C(=O)Cn1cc(Br)c(=O)[nH]c1=O)C1CCNC1.Cl. The van der Waals surface area contributed by atoms with Crippen LogP contribution in [-0.4, -0.2) is 46.5 Å². The molecule has 0 aromatic carbocycles. The van der Waals surface area contributed by atoms with Gasteiger partial charge in [-0.3, -0.25) is 19.1 Å². The number of amides is 1. The normalized spacial score (nSPS) is 17.6. The smallest absolute Gasteiger partial charge is 0.328 e. The van der Waals surface area contributed by atoms with Crippen LogP contribution in [0.2, 0.25) is 0 Å². The molecule has 1 amide bonds. The highest BCUT2D eigenvalue weighted by Gasteiger charge is 2.23. The largest absolute Gasteiger partial charge is 0.340 e. The molecule has 0 radical (unpaired) electrons. The van der Waals surface area contributed by atoms with Gasteiger partial charge in [-0.1, -0.05) is 0 Å². The molecule has 2 heterocycles. The van der Waals surface area contributed by atoms with Crippen molar-refractivity contribution in [2.75, 3.05) is 20.1 Å². The van der Waals surface area contributed by atoms with E-state index in [2.05, 4.69) is 26.2 Å². The van der Waals surface area contributed by atoms with Gasteiger partial charge >= 0.3 is 5.69 Å². The average molecular weight is 368 g/mol. The first-order valence-corrected chi connectivity index (χ1v) is 6.74. The molecule has 1 atom stereocenters. The van der Waals surface area contributed by atoms with E-state index in [0.717, 1.165) is 19.5 Å². The summed E-state index contributed by atoms with van der Waals surface area (Å²) in [6.07, 6.45) is 2.24. The maximum atomic E-state index is 12.1. The van der Waals surface area contributed by atoms with Gasteiger partial charge in [-0.25, -0.2) is 4.79 Å². The van der Waals surface area contributed by atoms with Gasteiger partial charge in [0.1, 0.15) is 6.54 Å². The summed E-state index contributed by atoms with van der Waals surface area (Å²) in [7, 11) is 1.73. The minimum Gasteiger partial charge on any atom is -0.340 e. The van der Waals surface area contributed by atoms with Crippen molar-refractivity contribution in [3.63, 3.8) is 0 Å². The fraction of sp³-hybridized carbons (Fsp3) is 0.545. The number of carbonyl (C=O) groups is 1. The first kappa shape index (κ1) is 16.9. The molecule has 7 nitrogen and oxygen atoms in total. The number of aromatic amines is 1. The van der Waals surface area contributed by atoms with E-state index in [9.17, 15) is 14.4 Å². The van der Waals surface area contributed by atoms with Crippen molar-refractivity contribution in [3.8, 4) is 0 Å². The predicted octanol–water partition coefficient (Wildman–Crippen LogP) is -0.459. The molecule has 0 bridgehead atoms. The van der Waals surface area contributed by atoms with Crippen LogP contribution in [0.5, 0.6) is 0 Å². The number of H-pyrrole nitrogens is 1. The fourth-order valence-corrected chi connectivity index (χ4v) is 2.38. The van der Waals surface area contributed by atoms with Crippen molar-refractivity contribution in [2.24, 2.45) is 0 Å². The topological polar surface area (TPSA) is 87.2 Å². The number of hydrogen-bond donors (Lipinski definition) is 2. The summed E-state index contributed by atoms with van der Waals surface area (Å²) >= 11 is 3.04. The molecule has 1 fully saturated rings. The highest BCUT2D eigenvalue weighted by Crippen LogP contribution is 2.07. The van der Waals surface area contributed by atoms with Gasteiger partial charge in [-0.15, -0.1) is 12.4 Å². The first-order valence-electron chi connectivity index (χ1n) is 5.94. The van der Waals surface area contributed by atoms with E-state index in [4.69, 9.17) is 0 Å². The Kier molecular flexibility index (Phi) is 5.97. The predicted molar refractivity (Wildman–Crippen MR) is 80.3 cm³/mol. The monoisotopic (exact) mass is 366 g/mol. The third-order valence-corrected chi connectivity index (χ3v) is 3.81. The van der Waals surface area contributed by atoms with Crippen molar-refractivity contribution < 1.29 is 4.79 Å². The minimum atomic E-state index is -0.584. The Bertz CT molecular complexity index is 594. The summed E-state index contributed by atoms with van der Waals surface area (Å²) in [4.78, 5) is 38.6. The van der Waals surface area contributed by atoms with Crippen molar-refractivity contribution in [1.82, 2.24) is 19.8 Å². The Balaban J connectivity index is 0.00000200. The summed E-state index contributed by atoms with van der Waals surface area (Å²) in [5.74, 6) is -0.158. The minimum absolute atomic E-state index is 0. The maximum Gasteiger partial charge on any atom is 0.328 e. The van der Waals surface area contributed by atoms with E-state index in [1.54, 1.807) is 11.9 Å². The second-order valence-electron chi connectivity index (χ2n) is 4.52. The van der Waals surface area contributed by atoms with Crippen LogP contribution in [-0.2, 0) is 11.3 Å². The molecule has 112 valence electrons. The van der Waals surface area contributed by atoms with Gasteiger partial charge in [0.15, 0.2) is 0 Å². The lowest BCUT2D eigenvalue weighted by molar-refractivity contribution is -0.132. The molecule has 1 aromatic rings. The molecule has 0 saturated carbocycles. The van der Waals surface area contributed by atoms with Crippen molar-refractivity contribution in [1.29, 1.82) is 0 Å². The van der Waals surface area contributed by atoms with E-state index in [1.807, 2.05) is 0 Å². The molecule has 0 spiro atoms. The van der Waals surface area contributed by atoms with E-state index >= 15 is 0 Å². The van der Waals surface area contributed by atoms with Crippen LogP contribution >= 0.6 is 28.3 Å². The lowest BCUT2D eigenvalue weighted by Gasteiger charge is -2.24. The first-order chi connectivity index (χ1) is 8.99. The number of aromatic nitrogens is 2. The molecule has 9 heteroatoms. The van der Waals surface area contributed by atoms with Crippen LogP contribution in [0, 0.1) is 0 Å². The summed E-state index contributed by atoms with van der Waals surface area (Å²) in [5.41, 5.74) is -1.08. The van der Waals surface area contributed by atoms with Crippen LogP contribution in [0.25, 0.3) is 0 Å². The van der Waals surface area contributed by atoms with E-state index in [0.29, 0.717) is 0 Å². The van der Waals surface area contributed by atoms with Gasteiger partial charge in [0.05, 0.1) is 4.47 Å². The summed E-state index contributed by atoms with van der Waals surface area (Å²) in [5, 5.41) is 3.18. The van der Waals surface area contributed by atoms with Gasteiger partial charge in [0.2, 0.25) is 5.91 Å². The average Bonchev–Trinajstić information content (AvgIpc) is 2.88. The third kappa shape index (κ3) is 3.71. The van der Waals surface area contributed by atoms with Crippen LogP contribution in [0.4, 0.5) is 0 Å². The molecule has 1 aromatic heterocycles. The highest BCUT2D eigenvalue weighted by molar-refractivity contribution is 9.10. The molecule has 1 aliphatic rings. The van der Waals surface area contributed by atoms with E-state index in [1.165, 1.54) is 10.8 Å². The number of carbonyl (C=O) groups excluding carboxylic acids is 1. The standard InChI is InChI=1S/C11H15BrN4O3.ClH/c1-15(7-2-3-13-4-7)9(17)6-16-5-8(12)10(18)14-11(16)19;/h5,7,13H,2-4,6H2,1H3,(H,14,18,19);1H. The van der Waals surface area contributed by atoms with Gasteiger partial charge < -0.3 is 10.2 Å². The molecule has 2 rings (SSSR count). The number of nitrogens with zero attached hydrogens (tertiary/aromatic N) is 2. The zero-order valence-corrected chi connectivity index (χ0v) is 13.3. The zero-order chi connectivity index (χ0) is 14.0. The molecular weight excluding hydrogens is 352 g/mol. The van der Waals surface area contributed by atoms with Crippen molar-refractivity contribution in [3.05, 3.63) is 31.5 Å². The molecular formula is C11H16BrClN4O3. The summed E-state index contributed by atoms with van der Waals surface area (Å²) in [6, 6.07) is 0.161. The van der Waals surface area contributed by atoms with Crippen LogP contribution in [0.15, 0.2) is 20.3 Å². The van der Waals surface area contributed by atoms with E-state index < -0.39 is 11.2 Å². The third-order valence-electron chi connectivity index (χ3n) is 3.25. The van der Waals surface area contributed by atoms with Gasteiger partial charge in [-0.2, -0.15) is 0 Å². The maximum absolute atomic E-state index is 12.1. The Morgan fingerprint density at radius 1 is 1.55 bits per heavy atom. The quantitative estimate of drug-likeness (QED) is 0.757.